The summed E-state index contributed by atoms with van der Waals surface area (Å²) in [5.74, 6) is 1.36. The molecule has 0 atom stereocenters. The Labute approximate surface area is 113 Å². The third-order valence-electron chi connectivity index (χ3n) is 2.91. The molecule has 1 aromatic heterocycles. The van der Waals surface area contributed by atoms with Gasteiger partial charge in [-0.3, -0.25) is 4.79 Å². The normalized spacial score (nSPS) is 14.7. The van der Waals surface area contributed by atoms with Crippen LogP contribution in [0.4, 0.5) is 0 Å². The second-order valence-electron chi connectivity index (χ2n) is 4.44. The highest BCUT2D eigenvalue weighted by Gasteiger charge is 2.30. The monoisotopic (exact) mass is 306 g/mol. The van der Waals surface area contributed by atoms with Crippen molar-refractivity contribution < 1.29 is 9.32 Å². The fraction of sp³-hybridized carbons (Fsp3) is 0.308. The number of nitrogens with zero attached hydrogens (tertiary/aromatic N) is 2. The van der Waals surface area contributed by atoms with E-state index >= 15 is 0 Å². The number of aromatic nitrogens is 2. The molecule has 1 aliphatic rings. The molecule has 2 aromatic rings. The topological polar surface area (TPSA) is 56.0 Å². The molecular formula is C13H11BrN2O2. The molecule has 1 fully saturated rings. The van der Waals surface area contributed by atoms with Crippen molar-refractivity contribution >= 4 is 21.7 Å². The van der Waals surface area contributed by atoms with Gasteiger partial charge in [0.15, 0.2) is 0 Å². The van der Waals surface area contributed by atoms with Crippen molar-refractivity contribution in [2.75, 3.05) is 0 Å². The van der Waals surface area contributed by atoms with Crippen LogP contribution in [0, 0.1) is 5.92 Å². The van der Waals surface area contributed by atoms with Gasteiger partial charge in [-0.05, 0) is 25.0 Å². The van der Waals surface area contributed by atoms with Crippen molar-refractivity contribution in [1.82, 2.24) is 10.1 Å². The lowest BCUT2D eigenvalue weighted by molar-refractivity contribution is -0.119. The van der Waals surface area contributed by atoms with Crippen LogP contribution >= 0.6 is 15.9 Å². The third kappa shape index (κ3) is 2.51. The van der Waals surface area contributed by atoms with Crippen LogP contribution in [0.1, 0.15) is 18.7 Å². The number of benzene rings is 1. The van der Waals surface area contributed by atoms with Crippen LogP contribution < -0.4 is 0 Å². The Balaban J connectivity index is 1.78. The van der Waals surface area contributed by atoms with Crippen molar-refractivity contribution in [3.8, 4) is 11.4 Å². The van der Waals surface area contributed by atoms with Crippen LogP contribution in [0.5, 0.6) is 0 Å². The minimum Gasteiger partial charge on any atom is -0.339 e. The summed E-state index contributed by atoms with van der Waals surface area (Å²) in [6.07, 6.45) is 2.27. The van der Waals surface area contributed by atoms with Gasteiger partial charge >= 0.3 is 0 Å². The van der Waals surface area contributed by atoms with E-state index in [-0.39, 0.29) is 18.1 Å². The zero-order valence-electron chi connectivity index (χ0n) is 9.60. The lowest BCUT2D eigenvalue weighted by atomic mass is 10.2. The Morgan fingerprint density at radius 2 is 2.28 bits per heavy atom. The van der Waals surface area contributed by atoms with Crippen molar-refractivity contribution in [1.29, 1.82) is 0 Å². The molecule has 18 heavy (non-hydrogen) atoms. The predicted octanol–water partition coefficient (Wildman–Crippen LogP) is 3.02. The number of hydrogen-bond donors (Lipinski definition) is 0. The van der Waals surface area contributed by atoms with Gasteiger partial charge in [0, 0.05) is 16.0 Å². The number of rotatable bonds is 4. The lowest BCUT2D eigenvalue weighted by Crippen LogP contribution is -2.04. The van der Waals surface area contributed by atoms with Crippen LogP contribution in [0.25, 0.3) is 11.4 Å². The fourth-order valence-electron chi connectivity index (χ4n) is 1.77. The van der Waals surface area contributed by atoms with Crippen LogP contribution in [-0.4, -0.2) is 15.9 Å². The highest BCUT2D eigenvalue weighted by molar-refractivity contribution is 9.10. The molecule has 0 spiro atoms. The van der Waals surface area contributed by atoms with E-state index in [1.165, 1.54) is 0 Å². The number of ketones is 1. The molecule has 0 saturated heterocycles. The van der Waals surface area contributed by atoms with Gasteiger partial charge in [-0.25, -0.2) is 0 Å². The minimum atomic E-state index is 0.208. The Hall–Kier alpha value is -1.49. The van der Waals surface area contributed by atoms with Gasteiger partial charge in [0.05, 0.1) is 6.42 Å². The summed E-state index contributed by atoms with van der Waals surface area (Å²) >= 11 is 3.39. The molecule has 1 saturated carbocycles. The summed E-state index contributed by atoms with van der Waals surface area (Å²) in [4.78, 5) is 15.9. The molecular weight excluding hydrogens is 296 g/mol. The Morgan fingerprint density at radius 3 is 3.00 bits per heavy atom. The molecule has 0 N–H and O–H groups in total. The van der Waals surface area contributed by atoms with Gasteiger partial charge < -0.3 is 4.52 Å². The summed E-state index contributed by atoms with van der Waals surface area (Å²) in [5.41, 5.74) is 0.873. The van der Waals surface area contributed by atoms with Gasteiger partial charge in [-0.2, -0.15) is 4.98 Å². The number of halogens is 1. The molecule has 5 heteroatoms. The molecule has 92 valence electrons. The molecule has 1 heterocycles. The standard InChI is InChI=1S/C13H11BrN2O2/c14-10-3-1-2-9(6-10)13-15-12(18-16-13)7-11(17)8-4-5-8/h1-3,6,8H,4-5,7H2. The number of carbonyl (C=O) groups excluding carboxylic acids is 1. The number of Topliss-reactive ketones (excluding diaryl/α,β-unsaturated/α-hetero) is 1. The van der Waals surface area contributed by atoms with E-state index < -0.39 is 0 Å². The zero-order valence-corrected chi connectivity index (χ0v) is 11.2. The first-order valence-corrected chi connectivity index (χ1v) is 6.63. The van der Waals surface area contributed by atoms with Gasteiger partial charge in [-0.15, -0.1) is 0 Å². The SMILES string of the molecule is O=C(Cc1nc(-c2cccc(Br)c2)no1)C1CC1. The van der Waals surface area contributed by atoms with E-state index in [4.69, 9.17) is 4.52 Å². The summed E-state index contributed by atoms with van der Waals surface area (Å²) in [7, 11) is 0. The number of hydrogen-bond acceptors (Lipinski definition) is 4. The Bertz CT molecular complexity index is 590. The highest BCUT2D eigenvalue weighted by atomic mass is 79.9. The van der Waals surface area contributed by atoms with E-state index in [0.717, 1.165) is 22.9 Å². The van der Waals surface area contributed by atoms with E-state index in [1.807, 2.05) is 24.3 Å². The van der Waals surface area contributed by atoms with E-state index in [9.17, 15) is 4.79 Å². The first-order valence-electron chi connectivity index (χ1n) is 5.83. The zero-order chi connectivity index (χ0) is 12.5. The minimum absolute atomic E-state index is 0.208. The van der Waals surface area contributed by atoms with E-state index in [0.29, 0.717) is 11.7 Å². The van der Waals surface area contributed by atoms with Crippen molar-refractivity contribution in [3.63, 3.8) is 0 Å². The predicted molar refractivity (Wildman–Crippen MR) is 68.9 cm³/mol. The summed E-state index contributed by atoms with van der Waals surface area (Å²) < 4.78 is 6.07. The lowest BCUT2D eigenvalue weighted by Gasteiger charge is -1.94. The largest absolute Gasteiger partial charge is 0.339 e. The van der Waals surface area contributed by atoms with Gasteiger partial charge in [0.25, 0.3) is 0 Å². The average molecular weight is 307 g/mol. The van der Waals surface area contributed by atoms with E-state index in [1.54, 1.807) is 0 Å². The van der Waals surface area contributed by atoms with Crippen LogP contribution in [0.2, 0.25) is 0 Å². The molecule has 1 aromatic carbocycles. The van der Waals surface area contributed by atoms with Gasteiger partial charge in [0.1, 0.15) is 5.78 Å². The van der Waals surface area contributed by atoms with Crippen molar-refractivity contribution in [2.24, 2.45) is 5.92 Å². The highest BCUT2D eigenvalue weighted by Crippen LogP contribution is 2.31. The van der Waals surface area contributed by atoms with Crippen molar-refractivity contribution in [2.45, 2.75) is 19.3 Å². The maximum absolute atomic E-state index is 11.6. The molecule has 0 radical (unpaired) electrons. The second kappa shape index (κ2) is 4.65. The van der Waals surface area contributed by atoms with Gasteiger partial charge in [-0.1, -0.05) is 33.2 Å². The summed E-state index contributed by atoms with van der Waals surface area (Å²) in [5, 5.41) is 3.90. The second-order valence-corrected chi connectivity index (χ2v) is 5.36. The van der Waals surface area contributed by atoms with E-state index in [2.05, 4.69) is 26.1 Å². The Morgan fingerprint density at radius 1 is 1.44 bits per heavy atom. The van der Waals surface area contributed by atoms with Crippen LogP contribution in [0.15, 0.2) is 33.3 Å². The number of carbonyl (C=O) groups is 1. The molecule has 1 aliphatic carbocycles. The smallest absolute Gasteiger partial charge is 0.234 e. The van der Waals surface area contributed by atoms with Gasteiger partial charge in [0.2, 0.25) is 11.7 Å². The quantitative estimate of drug-likeness (QED) is 0.871. The molecule has 0 amide bonds. The first kappa shape index (κ1) is 11.6. The molecule has 0 unspecified atom stereocenters. The molecule has 0 bridgehead atoms. The van der Waals surface area contributed by atoms with Crippen LogP contribution in [-0.2, 0) is 11.2 Å². The Kier molecular flexibility index (Phi) is 2.99. The molecule has 0 aliphatic heterocycles. The fourth-order valence-corrected chi connectivity index (χ4v) is 2.17. The summed E-state index contributed by atoms with van der Waals surface area (Å²) in [6, 6.07) is 7.66. The van der Waals surface area contributed by atoms with Crippen molar-refractivity contribution in [3.05, 3.63) is 34.6 Å². The first-order chi connectivity index (χ1) is 8.72. The van der Waals surface area contributed by atoms with Crippen LogP contribution in [0.3, 0.4) is 0 Å². The maximum atomic E-state index is 11.6. The maximum Gasteiger partial charge on any atom is 0.234 e. The summed E-state index contributed by atoms with van der Waals surface area (Å²) in [6.45, 7) is 0. The molecule has 3 rings (SSSR count). The third-order valence-corrected chi connectivity index (χ3v) is 3.40. The average Bonchev–Trinajstić information content (AvgIpc) is 3.10. The molecule has 4 nitrogen and oxygen atoms in total.